The van der Waals surface area contributed by atoms with Crippen molar-refractivity contribution in [3.8, 4) is 5.75 Å². The molecule has 1 saturated heterocycles. The van der Waals surface area contributed by atoms with Gasteiger partial charge in [-0.05, 0) is 30.7 Å². The van der Waals surface area contributed by atoms with Gasteiger partial charge in [-0.3, -0.25) is 14.9 Å². The van der Waals surface area contributed by atoms with Crippen molar-refractivity contribution >= 4 is 40.8 Å². The van der Waals surface area contributed by atoms with Gasteiger partial charge in [0.25, 0.3) is 11.6 Å². The van der Waals surface area contributed by atoms with Gasteiger partial charge >= 0.3 is 0 Å². The van der Waals surface area contributed by atoms with E-state index in [1.165, 1.54) is 23.1 Å². The fourth-order valence-electron chi connectivity index (χ4n) is 2.56. The van der Waals surface area contributed by atoms with E-state index in [1.54, 1.807) is 19.1 Å². The van der Waals surface area contributed by atoms with Crippen LogP contribution in [0.15, 0.2) is 42.5 Å². The van der Waals surface area contributed by atoms with Crippen molar-refractivity contribution in [2.24, 2.45) is 0 Å². The molecule has 2 aromatic carbocycles. The maximum atomic E-state index is 12.1. The fourth-order valence-corrected chi connectivity index (χ4v) is 5.42. The van der Waals surface area contributed by atoms with Crippen LogP contribution in [0, 0.1) is 17.0 Å². The summed E-state index contributed by atoms with van der Waals surface area (Å²) >= 11 is 3.87. The molecule has 8 heteroatoms. The van der Waals surface area contributed by atoms with Crippen molar-refractivity contribution in [1.82, 2.24) is 0 Å². The summed E-state index contributed by atoms with van der Waals surface area (Å²) < 4.78 is 5.99. The number of nitrogens with one attached hydrogen (secondary N) is 1. The molecule has 136 valence electrons. The Hall–Kier alpha value is -2.19. The molecule has 0 saturated carbocycles. The van der Waals surface area contributed by atoms with Crippen molar-refractivity contribution in [3.63, 3.8) is 0 Å². The van der Waals surface area contributed by atoms with Crippen molar-refractivity contribution in [1.29, 1.82) is 0 Å². The first-order chi connectivity index (χ1) is 12.5. The lowest BCUT2D eigenvalue weighted by molar-refractivity contribution is -0.385. The van der Waals surface area contributed by atoms with Gasteiger partial charge in [0.05, 0.1) is 20.8 Å². The van der Waals surface area contributed by atoms with Crippen LogP contribution in [0.4, 0.5) is 11.4 Å². The van der Waals surface area contributed by atoms with E-state index in [1.807, 2.05) is 47.8 Å². The summed E-state index contributed by atoms with van der Waals surface area (Å²) in [6, 6.07) is 12.3. The predicted molar refractivity (Wildman–Crippen MR) is 106 cm³/mol. The molecule has 0 bridgehead atoms. The van der Waals surface area contributed by atoms with Crippen LogP contribution >= 0.6 is 23.5 Å². The minimum Gasteiger partial charge on any atom is -0.484 e. The molecule has 1 aliphatic rings. The number of ether oxygens (including phenoxy) is 1. The summed E-state index contributed by atoms with van der Waals surface area (Å²) in [5.74, 6) is 2.60. The number of nitro groups is 1. The number of amides is 1. The Balaban J connectivity index is 1.56. The summed E-state index contributed by atoms with van der Waals surface area (Å²) in [5, 5.41) is 13.6. The van der Waals surface area contributed by atoms with Gasteiger partial charge in [-0.25, -0.2) is 0 Å². The molecule has 1 amide bonds. The topological polar surface area (TPSA) is 81.5 Å². The molecule has 0 aromatic heterocycles. The van der Waals surface area contributed by atoms with Gasteiger partial charge in [-0.1, -0.05) is 18.2 Å². The molecule has 0 unspecified atom stereocenters. The quantitative estimate of drug-likeness (QED) is 0.582. The summed E-state index contributed by atoms with van der Waals surface area (Å²) in [6.07, 6.45) is 0. The Kier molecular flexibility index (Phi) is 6.05. The van der Waals surface area contributed by atoms with Crippen LogP contribution in [0.1, 0.15) is 15.7 Å². The molecular formula is C18H18N2O4S2. The van der Waals surface area contributed by atoms with Gasteiger partial charge in [0.1, 0.15) is 5.75 Å². The highest BCUT2D eigenvalue weighted by molar-refractivity contribution is 8.19. The Morgan fingerprint density at radius 1 is 1.23 bits per heavy atom. The largest absolute Gasteiger partial charge is 0.484 e. The highest BCUT2D eigenvalue weighted by atomic mass is 32.2. The zero-order valence-corrected chi connectivity index (χ0v) is 15.8. The number of benzene rings is 2. The first-order valence-corrected chi connectivity index (χ1v) is 10.1. The molecule has 26 heavy (non-hydrogen) atoms. The van der Waals surface area contributed by atoms with Crippen LogP contribution in [-0.4, -0.2) is 28.9 Å². The first kappa shape index (κ1) is 18.6. The van der Waals surface area contributed by atoms with E-state index in [2.05, 4.69) is 5.32 Å². The monoisotopic (exact) mass is 390 g/mol. The number of hydrogen-bond acceptors (Lipinski definition) is 6. The van der Waals surface area contributed by atoms with E-state index in [9.17, 15) is 14.9 Å². The molecule has 6 nitrogen and oxygen atoms in total. The number of rotatable bonds is 6. The Labute approximate surface area is 159 Å². The van der Waals surface area contributed by atoms with E-state index in [0.717, 1.165) is 0 Å². The molecule has 2 aromatic rings. The van der Waals surface area contributed by atoms with Crippen LogP contribution in [0.3, 0.4) is 0 Å². The third kappa shape index (κ3) is 4.50. The third-order valence-electron chi connectivity index (χ3n) is 3.92. The van der Waals surface area contributed by atoms with Gasteiger partial charge in [-0.15, -0.1) is 23.5 Å². The van der Waals surface area contributed by atoms with E-state index in [0.29, 0.717) is 21.6 Å². The highest BCUT2D eigenvalue weighted by Gasteiger charge is 2.18. The lowest BCUT2D eigenvalue weighted by atomic mass is 10.1. The number of thioether (sulfide) groups is 2. The standard InChI is InChI=1S/C18H18N2O4S2/c1-12-15(3-2-4-16(12)20(22)23)19-17(21)11-24-14-7-5-13(6-8-14)18-25-9-10-26-18/h2-8,18H,9-11H2,1H3,(H,19,21). The van der Waals surface area contributed by atoms with Gasteiger partial charge in [0.15, 0.2) is 6.61 Å². The average molecular weight is 390 g/mol. The molecular weight excluding hydrogens is 372 g/mol. The predicted octanol–water partition coefficient (Wildman–Crippen LogP) is 4.40. The third-order valence-corrected chi connectivity index (χ3v) is 7.02. The molecule has 0 atom stereocenters. The number of carbonyl (C=O) groups is 1. The fraction of sp³-hybridized carbons (Fsp3) is 0.278. The summed E-state index contributed by atoms with van der Waals surface area (Å²) in [7, 11) is 0. The Morgan fingerprint density at radius 3 is 2.58 bits per heavy atom. The number of nitrogens with zero attached hydrogens (tertiary/aromatic N) is 1. The number of hydrogen-bond donors (Lipinski definition) is 1. The molecule has 0 spiro atoms. The van der Waals surface area contributed by atoms with Gasteiger partial charge < -0.3 is 10.1 Å². The Bertz CT molecular complexity index is 805. The maximum Gasteiger partial charge on any atom is 0.274 e. The number of anilines is 1. The molecule has 1 heterocycles. The van der Waals surface area contributed by atoms with Crippen LogP contribution < -0.4 is 10.1 Å². The van der Waals surface area contributed by atoms with Crippen LogP contribution in [-0.2, 0) is 4.79 Å². The van der Waals surface area contributed by atoms with Crippen LogP contribution in [0.5, 0.6) is 5.75 Å². The second kappa shape index (κ2) is 8.46. The van der Waals surface area contributed by atoms with Gasteiger partial charge in [0.2, 0.25) is 0 Å². The second-order valence-corrected chi connectivity index (χ2v) is 8.41. The number of carbonyl (C=O) groups excluding carboxylic acids is 1. The summed E-state index contributed by atoms with van der Waals surface area (Å²) in [6.45, 7) is 1.45. The van der Waals surface area contributed by atoms with Crippen LogP contribution in [0.25, 0.3) is 0 Å². The van der Waals surface area contributed by atoms with Gasteiger partial charge in [0, 0.05) is 17.6 Å². The molecule has 3 rings (SSSR count). The first-order valence-electron chi connectivity index (χ1n) is 8.04. The normalized spacial score (nSPS) is 14.2. The van der Waals surface area contributed by atoms with E-state index in [-0.39, 0.29) is 18.2 Å². The zero-order chi connectivity index (χ0) is 18.5. The van der Waals surface area contributed by atoms with E-state index < -0.39 is 4.92 Å². The van der Waals surface area contributed by atoms with Crippen molar-refractivity contribution in [3.05, 3.63) is 63.7 Å². The maximum absolute atomic E-state index is 12.1. The molecule has 1 aliphatic heterocycles. The zero-order valence-electron chi connectivity index (χ0n) is 14.1. The molecule has 1 N–H and O–H groups in total. The van der Waals surface area contributed by atoms with Crippen LogP contribution in [0.2, 0.25) is 0 Å². The van der Waals surface area contributed by atoms with E-state index in [4.69, 9.17) is 4.74 Å². The molecule has 0 aliphatic carbocycles. The average Bonchev–Trinajstić information content (AvgIpc) is 3.16. The Morgan fingerprint density at radius 2 is 1.92 bits per heavy atom. The lowest BCUT2D eigenvalue weighted by Crippen LogP contribution is -2.20. The minimum absolute atomic E-state index is 0.0260. The smallest absolute Gasteiger partial charge is 0.274 e. The highest BCUT2D eigenvalue weighted by Crippen LogP contribution is 2.45. The lowest BCUT2D eigenvalue weighted by Gasteiger charge is -2.11. The summed E-state index contributed by atoms with van der Waals surface area (Å²) in [4.78, 5) is 22.6. The molecule has 0 radical (unpaired) electrons. The summed E-state index contributed by atoms with van der Waals surface area (Å²) in [5.41, 5.74) is 2.06. The van der Waals surface area contributed by atoms with E-state index >= 15 is 0 Å². The number of nitro benzene ring substituents is 1. The SMILES string of the molecule is Cc1c(NC(=O)COc2ccc(C3SCCS3)cc2)cccc1[N+](=O)[O-]. The van der Waals surface area contributed by atoms with Gasteiger partial charge in [-0.2, -0.15) is 0 Å². The second-order valence-electron chi connectivity index (χ2n) is 5.69. The van der Waals surface area contributed by atoms with Crippen molar-refractivity contribution in [2.45, 2.75) is 11.5 Å². The molecule has 1 fully saturated rings. The van der Waals surface area contributed by atoms with Crippen molar-refractivity contribution in [2.75, 3.05) is 23.4 Å². The minimum atomic E-state index is -0.468. The van der Waals surface area contributed by atoms with Crippen molar-refractivity contribution < 1.29 is 14.5 Å².